The van der Waals surface area contributed by atoms with Crippen LogP contribution >= 0.6 is 0 Å². The van der Waals surface area contributed by atoms with Gasteiger partial charge in [-0.15, -0.1) is 0 Å². The largest absolute Gasteiger partial charge is 0.397 e. The molecule has 2 aromatic rings. The molecule has 116 valence electrons. The van der Waals surface area contributed by atoms with E-state index in [0.29, 0.717) is 11.4 Å². The standard InChI is InChI=1S/C17H22N4O/c1-13(22)20-15-9-10-17(16(18)12-15)21-19-11-5-8-14-6-3-2-4-7-14/h2-4,6-7,9-10,12,19,21H,5,8,11,18H2,1H3,(H,20,22). The molecule has 0 aliphatic carbocycles. The molecule has 0 spiro atoms. The zero-order valence-electron chi connectivity index (χ0n) is 12.7. The number of aryl methyl sites for hydroxylation is 1. The molecule has 0 aliphatic rings. The summed E-state index contributed by atoms with van der Waals surface area (Å²) in [6.07, 6.45) is 2.06. The van der Waals surface area contributed by atoms with Crippen LogP contribution in [0.4, 0.5) is 17.1 Å². The molecule has 0 radical (unpaired) electrons. The van der Waals surface area contributed by atoms with Gasteiger partial charge in [0.1, 0.15) is 0 Å². The molecular formula is C17H22N4O. The SMILES string of the molecule is CC(=O)Nc1ccc(NNCCCc2ccccc2)c(N)c1. The van der Waals surface area contributed by atoms with Crippen molar-refractivity contribution in [2.24, 2.45) is 0 Å². The Morgan fingerprint density at radius 3 is 2.59 bits per heavy atom. The van der Waals surface area contributed by atoms with Gasteiger partial charge in [0.05, 0.1) is 11.4 Å². The van der Waals surface area contributed by atoms with Crippen LogP contribution in [0.5, 0.6) is 0 Å². The van der Waals surface area contributed by atoms with Crippen LogP contribution in [0.1, 0.15) is 18.9 Å². The summed E-state index contributed by atoms with van der Waals surface area (Å²) in [5, 5.41) is 2.70. The Labute approximate surface area is 130 Å². The van der Waals surface area contributed by atoms with E-state index in [0.717, 1.165) is 25.1 Å². The fourth-order valence-corrected chi connectivity index (χ4v) is 2.14. The Hall–Kier alpha value is -2.53. The van der Waals surface area contributed by atoms with E-state index in [1.807, 2.05) is 18.2 Å². The first-order valence-electron chi connectivity index (χ1n) is 7.35. The lowest BCUT2D eigenvalue weighted by Gasteiger charge is -2.12. The average molecular weight is 298 g/mol. The minimum atomic E-state index is -0.112. The van der Waals surface area contributed by atoms with E-state index in [-0.39, 0.29) is 5.91 Å². The van der Waals surface area contributed by atoms with Gasteiger partial charge in [0.15, 0.2) is 0 Å². The number of anilines is 3. The summed E-state index contributed by atoms with van der Waals surface area (Å²) in [6, 6.07) is 15.8. The molecule has 5 nitrogen and oxygen atoms in total. The topological polar surface area (TPSA) is 79.2 Å². The fourth-order valence-electron chi connectivity index (χ4n) is 2.14. The van der Waals surface area contributed by atoms with Crippen molar-refractivity contribution < 1.29 is 4.79 Å². The number of benzene rings is 2. The first-order valence-corrected chi connectivity index (χ1v) is 7.35. The van der Waals surface area contributed by atoms with Crippen LogP contribution in [0.15, 0.2) is 48.5 Å². The number of amides is 1. The van der Waals surface area contributed by atoms with Crippen LogP contribution in [-0.2, 0) is 11.2 Å². The zero-order valence-corrected chi connectivity index (χ0v) is 12.7. The highest BCUT2D eigenvalue weighted by Gasteiger charge is 2.01. The summed E-state index contributed by atoms with van der Waals surface area (Å²) < 4.78 is 0. The molecule has 2 aromatic carbocycles. The Bertz CT molecular complexity index is 613. The number of carbonyl (C=O) groups is 1. The second-order valence-corrected chi connectivity index (χ2v) is 5.12. The number of hydrogen-bond acceptors (Lipinski definition) is 4. The van der Waals surface area contributed by atoms with Crippen LogP contribution in [0.2, 0.25) is 0 Å². The fraction of sp³-hybridized carbons (Fsp3) is 0.235. The Balaban J connectivity index is 1.74. The number of nitrogens with one attached hydrogen (secondary N) is 3. The average Bonchev–Trinajstić information content (AvgIpc) is 2.49. The molecule has 1 amide bonds. The zero-order chi connectivity index (χ0) is 15.8. The van der Waals surface area contributed by atoms with Crippen molar-refractivity contribution in [3.05, 3.63) is 54.1 Å². The second kappa shape index (κ2) is 8.05. The number of nitrogens with two attached hydrogens (primary N) is 1. The van der Waals surface area contributed by atoms with Gasteiger partial charge in [-0.1, -0.05) is 30.3 Å². The van der Waals surface area contributed by atoms with Gasteiger partial charge in [0, 0.05) is 19.2 Å². The van der Waals surface area contributed by atoms with Crippen LogP contribution < -0.4 is 21.9 Å². The molecule has 0 saturated heterocycles. The second-order valence-electron chi connectivity index (χ2n) is 5.12. The van der Waals surface area contributed by atoms with Crippen molar-refractivity contribution in [1.29, 1.82) is 0 Å². The van der Waals surface area contributed by atoms with Gasteiger partial charge in [-0.2, -0.15) is 0 Å². The van der Waals surface area contributed by atoms with Crippen LogP contribution in [0, 0.1) is 0 Å². The molecular weight excluding hydrogens is 276 g/mol. The quantitative estimate of drug-likeness (QED) is 0.360. The molecule has 0 bridgehead atoms. The third-order valence-corrected chi connectivity index (χ3v) is 3.21. The van der Waals surface area contributed by atoms with Gasteiger partial charge in [0.2, 0.25) is 5.91 Å². The monoisotopic (exact) mass is 298 g/mol. The van der Waals surface area contributed by atoms with Gasteiger partial charge in [0.25, 0.3) is 0 Å². The summed E-state index contributed by atoms with van der Waals surface area (Å²) in [6.45, 7) is 2.30. The van der Waals surface area contributed by atoms with E-state index >= 15 is 0 Å². The first-order chi connectivity index (χ1) is 10.6. The molecule has 0 saturated carbocycles. The van der Waals surface area contributed by atoms with Crippen LogP contribution in [0.3, 0.4) is 0 Å². The molecule has 0 fully saturated rings. The normalized spacial score (nSPS) is 10.2. The Morgan fingerprint density at radius 1 is 1.14 bits per heavy atom. The van der Waals surface area contributed by atoms with Crippen molar-refractivity contribution in [3.63, 3.8) is 0 Å². The molecule has 2 rings (SSSR count). The van der Waals surface area contributed by atoms with Crippen molar-refractivity contribution in [2.45, 2.75) is 19.8 Å². The molecule has 0 atom stereocenters. The highest BCUT2D eigenvalue weighted by molar-refractivity contribution is 5.90. The smallest absolute Gasteiger partial charge is 0.221 e. The number of rotatable bonds is 7. The molecule has 0 aromatic heterocycles. The highest BCUT2D eigenvalue weighted by Crippen LogP contribution is 2.22. The minimum absolute atomic E-state index is 0.112. The predicted octanol–water partition coefficient (Wildman–Crippen LogP) is 2.78. The molecule has 22 heavy (non-hydrogen) atoms. The van der Waals surface area contributed by atoms with Crippen molar-refractivity contribution in [1.82, 2.24) is 5.43 Å². The third kappa shape index (κ3) is 5.10. The van der Waals surface area contributed by atoms with E-state index in [1.165, 1.54) is 12.5 Å². The summed E-state index contributed by atoms with van der Waals surface area (Å²) in [4.78, 5) is 11.0. The number of hydrazine groups is 1. The first kappa shape index (κ1) is 15.9. The van der Waals surface area contributed by atoms with E-state index in [4.69, 9.17) is 5.73 Å². The van der Waals surface area contributed by atoms with Crippen molar-refractivity contribution in [3.8, 4) is 0 Å². The lowest BCUT2D eigenvalue weighted by atomic mass is 10.1. The van der Waals surface area contributed by atoms with Crippen LogP contribution in [0.25, 0.3) is 0 Å². The lowest BCUT2D eigenvalue weighted by molar-refractivity contribution is -0.114. The third-order valence-electron chi connectivity index (χ3n) is 3.21. The van der Waals surface area contributed by atoms with Crippen LogP contribution in [-0.4, -0.2) is 12.5 Å². The summed E-state index contributed by atoms with van der Waals surface area (Å²) in [5.41, 5.74) is 15.6. The van der Waals surface area contributed by atoms with E-state index in [1.54, 1.807) is 6.07 Å². The minimum Gasteiger partial charge on any atom is -0.397 e. The maximum atomic E-state index is 11.0. The maximum Gasteiger partial charge on any atom is 0.221 e. The van der Waals surface area contributed by atoms with E-state index < -0.39 is 0 Å². The molecule has 5 heteroatoms. The Morgan fingerprint density at radius 2 is 1.91 bits per heavy atom. The van der Waals surface area contributed by atoms with E-state index in [9.17, 15) is 4.79 Å². The predicted molar refractivity (Wildman–Crippen MR) is 91.5 cm³/mol. The molecule has 0 aliphatic heterocycles. The van der Waals surface area contributed by atoms with Gasteiger partial charge in [-0.25, -0.2) is 5.43 Å². The van der Waals surface area contributed by atoms with Crippen molar-refractivity contribution in [2.75, 3.05) is 23.0 Å². The maximum absolute atomic E-state index is 11.0. The van der Waals surface area contributed by atoms with Gasteiger partial charge in [-0.05, 0) is 36.6 Å². The lowest BCUT2D eigenvalue weighted by Crippen LogP contribution is -2.23. The van der Waals surface area contributed by atoms with Crippen molar-refractivity contribution >= 4 is 23.0 Å². The van der Waals surface area contributed by atoms with E-state index in [2.05, 4.69) is 40.4 Å². The number of carbonyl (C=O) groups excluding carboxylic acids is 1. The number of nitrogen functional groups attached to an aromatic ring is 1. The molecule has 0 heterocycles. The highest BCUT2D eigenvalue weighted by atomic mass is 16.1. The van der Waals surface area contributed by atoms with Gasteiger partial charge >= 0.3 is 0 Å². The summed E-state index contributed by atoms with van der Waals surface area (Å²) >= 11 is 0. The summed E-state index contributed by atoms with van der Waals surface area (Å²) in [7, 11) is 0. The molecule has 0 unspecified atom stereocenters. The Kier molecular flexibility index (Phi) is 5.80. The number of hydrogen-bond donors (Lipinski definition) is 4. The van der Waals surface area contributed by atoms with Gasteiger partial charge < -0.3 is 16.5 Å². The summed E-state index contributed by atoms with van der Waals surface area (Å²) in [5.74, 6) is -0.112. The van der Waals surface area contributed by atoms with Gasteiger partial charge in [-0.3, -0.25) is 4.79 Å². The molecule has 5 N–H and O–H groups in total.